The summed E-state index contributed by atoms with van der Waals surface area (Å²) < 4.78 is 34.6. The Morgan fingerprint density at radius 1 is 0.320 bits per heavy atom. The molecule has 3 saturated heterocycles. The predicted molar refractivity (Wildman–Crippen MR) is 397 cm³/mol. The molecular weight excluding hydrogens is 1270 g/mol. The Kier molecular flexibility index (Phi) is 58.4. The maximum Gasteiger partial charge on any atom is 0.220 e. The Morgan fingerprint density at radius 2 is 0.570 bits per heavy atom. The zero-order valence-corrected chi connectivity index (χ0v) is 63.7. The van der Waals surface area contributed by atoms with Gasteiger partial charge in [0.15, 0.2) is 18.9 Å². The maximum absolute atomic E-state index is 13.5. The van der Waals surface area contributed by atoms with E-state index in [4.69, 9.17) is 28.4 Å². The molecule has 0 aromatic rings. The van der Waals surface area contributed by atoms with Crippen molar-refractivity contribution in [2.24, 2.45) is 0 Å². The lowest BCUT2D eigenvalue weighted by atomic mass is 9.96. The third-order valence-electron chi connectivity index (χ3n) is 21.7. The van der Waals surface area contributed by atoms with Gasteiger partial charge in [-0.2, -0.15) is 0 Å². The van der Waals surface area contributed by atoms with Gasteiger partial charge in [0.2, 0.25) is 5.91 Å². The minimum Gasteiger partial charge on any atom is -0.394 e. The van der Waals surface area contributed by atoms with Crippen LogP contribution in [0.5, 0.6) is 0 Å². The Hall–Kier alpha value is -1.21. The molecule has 3 aliphatic heterocycles. The van der Waals surface area contributed by atoms with Gasteiger partial charge in [-0.1, -0.05) is 361 Å². The fourth-order valence-electron chi connectivity index (χ4n) is 14.9. The predicted octanol–water partition coefficient (Wildman–Crippen LogP) is 14.6. The first-order valence-corrected chi connectivity index (χ1v) is 42.3. The van der Waals surface area contributed by atoms with E-state index in [1.54, 1.807) is 0 Å². The van der Waals surface area contributed by atoms with Gasteiger partial charge in [-0.15, -0.1) is 0 Å². The van der Waals surface area contributed by atoms with Gasteiger partial charge in [0.1, 0.15) is 73.2 Å². The molecule has 0 aromatic carbocycles. The SMILES string of the molecule is CCCCCCCCCCCCCCCCCCCCCCCCCCCCCCCCCCC(=O)NC(COC1OC(CO)C(OC2OC(CO)C(OC3OC(CO)C(O)C(O)C3O)C(O)C2O)C(O)C1O)C(O)CCCCCCCCCCCCCCCCCCCCCCCCC. The summed E-state index contributed by atoms with van der Waals surface area (Å²) in [7, 11) is 0. The Balaban J connectivity index is 1.34. The summed E-state index contributed by atoms with van der Waals surface area (Å²) in [5.74, 6) is -0.232. The second-order valence-corrected chi connectivity index (χ2v) is 30.7. The Labute approximate surface area is 608 Å². The van der Waals surface area contributed by atoms with E-state index in [1.165, 1.54) is 302 Å². The van der Waals surface area contributed by atoms with Gasteiger partial charge in [-0.3, -0.25) is 4.79 Å². The molecule has 17 unspecified atom stereocenters. The highest BCUT2D eigenvalue weighted by atomic mass is 16.8. The van der Waals surface area contributed by atoms with E-state index in [-0.39, 0.29) is 18.9 Å². The number of rotatable bonds is 69. The zero-order valence-electron chi connectivity index (χ0n) is 63.7. The molecule has 0 bridgehead atoms. The van der Waals surface area contributed by atoms with Crippen molar-refractivity contribution in [1.82, 2.24) is 5.32 Å². The lowest BCUT2D eigenvalue weighted by Gasteiger charge is -2.48. The molecule has 0 saturated carbocycles. The monoisotopic (exact) mass is 1430 g/mol. The van der Waals surface area contributed by atoms with Crippen molar-refractivity contribution >= 4 is 5.91 Å². The van der Waals surface area contributed by atoms with Gasteiger partial charge < -0.3 is 89.9 Å². The van der Waals surface area contributed by atoms with Crippen LogP contribution in [-0.2, 0) is 33.2 Å². The minimum absolute atomic E-state index is 0.232. The second-order valence-electron chi connectivity index (χ2n) is 30.7. The third kappa shape index (κ3) is 42.4. The first-order chi connectivity index (χ1) is 48.8. The molecular formula is C81H157NO18. The van der Waals surface area contributed by atoms with Crippen molar-refractivity contribution in [3.8, 4) is 0 Å². The maximum atomic E-state index is 13.5. The number of hydrogen-bond donors (Lipinski definition) is 12. The normalized spacial score (nSPS) is 26.4. The van der Waals surface area contributed by atoms with Crippen molar-refractivity contribution in [3.63, 3.8) is 0 Å². The van der Waals surface area contributed by atoms with Gasteiger partial charge in [0.25, 0.3) is 0 Å². The molecule has 594 valence electrons. The van der Waals surface area contributed by atoms with Crippen molar-refractivity contribution in [2.45, 2.75) is 484 Å². The summed E-state index contributed by atoms with van der Waals surface area (Å²) in [5.41, 5.74) is 0. The second kappa shape index (κ2) is 62.8. The topological polar surface area (TPSA) is 307 Å². The summed E-state index contributed by atoms with van der Waals surface area (Å²) >= 11 is 0. The first-order valence-electron chi connectivity index (χ1n) is 42.3. The van der Waals surface area contributed by atoms with E-state index in [2.05, 4.69) is 19.2 Å². The summed E-state index contributed by atoms with van der Waals surface area (Å²) in [6, 6.07) is -0.883. The smallest absolute Gasteiger partial charge is 0.220 e. The van der Waals surface area contributed by atoms with E-state index in [0.717, 1.165) is 44.9 Å². The minimum atomic E-state index is -1.97. The van der Waals surface area contributed by atoms with Crippen LogP contribution in [0, 0.1) is 0 Å². The van der Waals surface area contributed by atoms with Crippen LogP contribution in [0.4, 0.5) is 0 Å². The highest BCUT2D eigenvalue weighted by Crippen LogP contribution is 2.34. The van der Waals surface area contributed by atoms with Gasteiger partial charge in [-0.25, -0.2) is 0 Å². The highest BCUT2D eigenvalue weighted by Gasteiger charge is 2.54. The number of carbonyl (C=O) groups excluding carboxylic acids is 1. The molecule has 3 fully saturated rings. The van der Waals surface area contributed by atoms with Crippen LogP contribution < -0.4 is 5.32 Å². The lowest BCUT2D eigenvalue weighted by molar-refractivity contribution is -0.379. The molecule has 0 spiro atoms. The van der Waals surface area contributed by atoms with E-state index in [1.807, 2.05) is 0 Å². The lowest BCUT2D eigenvalue weighted by Crippen LogP contribution is -2.66. The summed E-state index contributed by atoms with van der Waals surface area (Å²) in [4.78, 5) is 13.5. The van der Waals surface area contributed by atoms with Gasteiger partial charge in [0, 0.05) is 6.42 Å². The third-order valence-corrected chi connectivity index (χ3v) is 21.7. The molecule has 3 aliphatic rings. The Morgan fingerprint density at radius 3 is 0.870 bits per heavy atom. The Bertz CT molecular complexity index is 1810. The van der Waals surface area contributed by atoms with Gasteiger partial charge in [0.05, 0.1) is 38.6 Å². The van der Waals surface area contributed by atoms with Crippen molar-refractivity contribution in [3.05, 3.63) is 0 Å². The van der Waals surface area contributed by atoms with Crippen LogP contribution in [0.15, 0.2) is 0 Å². The van der Waals surface area contributed by atoms with Crippen LogP contribution in [0.25, 0.3) is 0 Å². The van der Waals surface area contributed by atoms with Crippen LogP contribution in [0.1, 0.15) is 380 Å². The van der Waals surface area contributed by atoms with E-state index < -0.39 is 124 Å². The van der Waals surface area contributed by atoms with Crippen LogP contribution in [0.3, 0.4) is 0 Å². The molecule has 19 heteroatoms. The first kappa shape index (κ1) is 93.0. The molecule has 3 rings (SSSR count). The van der Waals surface area contributed by atoms with E-state index in [9.17, 15) is 61.0 Å². The number of hydrogen-bond acceptors (Lipinski definition) is 18. The van der Waals surface area contributed by atoms with Gasteiger partial charge in [-0.05, 0) is 12.8 Å². The molecule has 12 N–H and O–H groups in total. The van der Waals surface area contributed by atoms with Crippen LogP contribution in [0.2, 0.25) is 0 Å². The van der Waals surface area contributed by atoms with E-state index in [0.29, 0.717) is 12.8 Å². The molecule has 1 amide bonds. The zero-order chi connectivity index (χ0) is 72.5. The van der Waals surface area contributed by atoms with Crippen molar-refractivity contribution in [1.29, 1.82) is 0 Å². The number of aliphatic hydroxyl groups is 11. The number of ether oxygens (including phenoxy) is 6. The number of aliphatic hydroxyl groups excluding tert-OH is 11. The van der Waals surface area contributed by atoms with Crippen LogP contribution in [-0.4, -0.2) is 193 Å². The molecule has 100 heavy (non-hydrogen) atoms. The molecule has 3 heterocycles. The fourth-order valence-corrected chi connectivity index (χ4v) is 14.9. The molecule has 17 atom stereocenters. The van der Waals surface area contributed by atoms with Crippen molar-refractivity contribution < 1.29 is 89.4 Å². The van der Waals surface area contributed by atoms with Gasteiger partial charge >= 0.3 is 0 Å². The average Bonchev–Trinajstić information content (AvgIpc) is 0.781. The number of carbonyl (C=O) groups is 1. The van der Waals surface area contributed by atoms with E-state index >= 15 is 0 Å². The molecule has 0 aliphatic carbocycles. The number of unbranched alkanes of at least 4 members (excludes halogenated alkanes) is 53. The average molecular weight is 1430 g/mol. The molecule has 0 aromatic heterocycles. The highest BCUT2D eigenvalue weighted by molar-refractivity contribution is 5.76. The fraction of sp³-hybridized carbons (Fsp3) is 0.988. The molecule has 0 radical (unpaired) electrons. The number of amides is 1. The van der Waals surface area contributed by atoms with Crippen LogP contribution >= 0.6 is 0 Å². The summed E-state index contributed by atoms with van der Waals surface area (Å²) in [6.07, 6.45) is 46.3. The largest absolute Gasteiger partial charge is 0.394 e. The number of nitrogens with one attached hydrogen (secondary N) is 1. The quantitative estimate of drug-likeness (QED) is 0.0252. The molecule has 19 nitrogen and oxygen atoms in total. The van der Waals surface area contributed by atoms with Crippen molar-refractivity contribution in [2.75, 3.05) is 26.4 Å². The standard InChI is InChI=1S/C81H157NO18/c1-3-5-7-9-11-13-15-17-19-21-23-25-27-28-29-30-31-32-33-34-35-37-39-41-43-45-47-49-51-53-55-57-59-69(87)82-64(65(86)58-56-54-52-50-48-46-44-42-40-38-36-26-24-22-20-18-16-14-12-10-8-6-4-2)63-95-79-75(93)72(90)77(67(61-84)97-79)100-81-76(94)73(91)78(68(62-85)98-81)99-80-74(92)71(89)70(88)66(60-83)96-80/h64-68,70-81,83-86,88-94H,3-63H2,1-2H3,(H,82,87). The summed E-state index contributed by atoms with van der Waals surface area (Å²) in [6.45, 7) is 1.88. The summed E-state index contributed by atoms with van der Waals surface area (Å²) in [5, 5.41) is 121.